The molecule has 0 atom stereocenters. The summed E-state index contributed by atoms with van der Waals surface area (Å²) in [5.41, 5.74) is 5.02. The zero-order valence-electron chi connectivity index (χ0n) is 15.7. The molecule has 4 heteroatoms. The Morgan fingerprint density at radius 3 is 1.27 bits per heavy atom. The second-order valence-electron chi connectivity index (χ2n) is 3.54. The summed E-state index contributed by atoms with van der Waals surface area (Å²) in [5, 5.41) is 0. The van der Waals surface area contributed by atoms with E-state index in [9.17, 15) is 0 Å². The Bertz CT molecular complexity index is 337. The zero-order chi connectivity index (χ0) is 10.6. The van der Waals surface area contributed by atoms with E-state index in [0.717, 1.165) is 6.42 Å². The Labute approximate surface area is 173 Å². The normalized spacial score (nSPS) is 8.18. The first kappa shape index (κ1) is 49.5. The first-order valence-electron chi connectivity index (χ1n) is 4.91. The van der Waals surface area contributed by atoms with Crippen LogP contribution < -0.4 is 4.98 Å². The van der Waals surface area contributed by atoms with Crippen molar-refractivity contribution in [3.05, 3.63) is 84.0 Å². The van der Waals surface area contributed by atoms with Gasteiger partial charge in [0.2, 0.25) is 0 Å². The zero-order valence-corrected chi connectivity index (χ0v) is 19.8. The molecule has 0 fully saturated rings. The number of hydrogen-bond donors (Lipinski definition) is 0. The average molecular weight is 427 g/mol. The van der Waals surface area contributed by atoms with Gasteiger partial charge in [-0.3, -0.25) is 6.08 Å². The molecule has 0 radical (unpaired) electrons. The molecule has 0 amide bonds. The predicted molar refractivity (Wildman–Crippen MR) is 107 cm³/mol. The molecular formula is C18H34Cl2NZr-7. The standard InChI is InChI=1S/C8H12N.C5H5.5CH3.2ClH.Zr/c1-5-6(2)8(4)9-7(5)3;1-2-4-5-3-1;;;;;;;;/h1-4H3;1-3H,4H2;5*1H3;2*1H;/q7*-1;;;. The van der Waals surface area contributed by atoms with Crippen LogP contribution in [0, 0.1) is 70.9 Å². The minimum Gasteiger partial charge on any atom is -0.665 e. The van der Waals surface area contributed by atoms with Gasteiger partial charge >= 0.3 is 0 Å². The van der Waals surface area contributed by atoms with Crippen molar-refractivity contribution in [3.8, 4) is 0 Å². The van der Waals surface area contributed by atoms with Crippen molar-refractivity contribution in [1.82, 2.24) is 4.98 Å². The van der Waals surface area contributed by atoms with Gasteiger partial charge in [0, 0.05) is 26.2 Å². The second kappa shape index (κ2) is 26.1. The molecule has 0 spiro atoms. The first-order valence-corrected chi connectivity index (χ1v) is 4.91. The fourth-order valence-electron chi connectivity index (χ4n) is 1.30. The summed E-state index contributed by atoms with van der Waals surface area (Å²) in [7, 11) is 0. The SMILES string of the molecule is Cc1[n-]c(C)c(C)c1C.Cl.Cl.[C-]1=CC=CC1.[CH3-].[CH3-].[CH3-].[CH3-].[CH3-].[Zr]. The van der Waals surface area contributed by atoms with Gasteiger partial charge in [-0.1, -0.05) is 25.0 Å². The molecule has 136 valence electrons. The third kappa shape index (κ3) is 16.6. The maximum atomic E-state index is 4.31. The molecule has 1 heterocycles. The van der Waals surface area contributed by atoms with Crippen molar-refractivity contribution in [1.29, 1.82) is 0 Å². The third-order valence-corrected chi connectivity index (χ3v) is 2.57. The average Bonchev–Trinajstić information content (AvgIpc) is 2.78. The smallest absolute Gasteiger partial charge is 0 e. The number of allylic oxidation sites excluding steroid dienone is 4. The second-order valence-corrected chi connectivity index (χ2v) is 3.54. The number of rotatable bonds is 0. The van der Waals surface area contributed by atoms with Crippen LogP contribution in [0.4, 0.5) is 0 Å². The number of hydrogen-bond acceptors (Lipinski definition) is 0. The molecule has 2 rings (SSSR count). The van der Waals surface area contributed by atoms with Crippen molar-refractivity contribution < 1.29 is 26.2 Å². The van der Waals surface area contributed by atoms with E-state index < -0.39 is 0 Å². The summed E-state index contributed by atoms with van der Waals surface area (Å²) < 4.78 is 0. The molecule has 0 saturated heterocycles. The van der Waals surface area contributed by atoms with Crippen LogP contribution in [0.15, 0.2) is 18.2 Å². The van der Waals surface area contributed by atoms with Gasteiger partial charge in [-0.05, 0) is 13.8 Å². The molecule has 0 bridgehead atoms. The van der Waals surface area contributed by atoms with E-state index in [1.807, 2.05) is 12.2 Å². The van der Waals surface area contributed by atoms with Crippen molar-refractivity contribution in [3.63, 3.8) is 0 Å². The molecule has 1 aromatic heterocycles. The molecule has 1 aliphatic rings. The summed E-state index contributed by atoms with van der Waals surface area (Å²) >= 11 is 0. The minimum absolute atomic E-state index is 0. The monoisotopic (exact) mass is 424 g/mol. The number of aryl methyl sites for hydroxylation is 2. The molecular weight excluding hydrogens is 392 g/mol. The van der Waals surface area contributed by atoms with Crippen LogP contribution in [-0.2, 0) is 26.2 Å². The number of halogens is 2. The van der Waals surface area contributed by atoms with Gasteiger partial charge < -0.3 is 42.1 Å². The third-order valence-electron chi connectivity index (χ3n) is 2.57. The van der Waals surface area contributed by atoms with E-state index in [4.69, 9.17) is 0 Å². The minimum atomic E-state index is 0. The van der Waals surface area contributed by atoms with Crippen molar-refractivity contribution in [2.45, 2.75) is 34.1 Å². The van der Waals surface area contributed by atoms with Crippen LogP contribution in [0.1, 0.15) is 28.9 Å². The van der Waals surface area contributed by atoms with E-state index in [2.05, 4.69) is 44.8 Å². The number of nitrogens with zero attached hydrogens (tertiary/aromatic N) is 1. The van der Waals surface area contributed by atoms with Crippen LogP contribution in [0.2, 0.25) is 0 Å². The topological polar surface area (TPSA) is 14.1 Å². The van der Waals surface area contributed by atoms with Gasteiger partial charge in [0.1, 0.15) is 0 Å². The quantitative estimate of drug-likeness (QED) is 0.446. The fraction of sp³-hybridized carbons (Fsp3) is 0.278. The summed E-state index contributed by atoms with van der Waals surface area (Å²) in [6.07, 6.45) is 10.0. The van der Waals surface area contributed by atoms with Crippen LogP contribution >= 0.6 is 24.8 Å². The Kier molecular flexibility index (Phi) is 58.8. The maximum absolute atomic E-state index is 4.31. The van der Waals surface area contributed by atoms with Gasteiger partial charge in [0.25, 0.3) is 0 Å². The molecule has 1 aliphatic carbocycles. The summed E-state index contributed by atoms with van der Waals surface area (Å²) in [5.74, 6) is 0. The van der Waals surface area contributed by atoms with Crippen LogP contribution in [0.5, 0.6) is 0 Å². The molecule has 22 heavy (non-hydrogen) atoms. The molecule has 0 aromatic carbocycles. The molecule has 0 unspecified atom stereocenters. The molecule has 1 aromatic rings. The van der Waals surface area contributed by atoms with Crippen molar-refractivity contribution in [2.24, 2.45) is 0 Å². The van der Waals surface area contributed by atoms with Crippen molar-refractivity contribution in [2.75, 3.05) is 0 Å². The fourth-order valence-corrected chi connectivity index (χ4v) is 1.30. The maximum Gasteiger partial charge on any atom is 0 e. The molecule has 0 N–H and O–H groups in total. The van der Waals surface area contributed by atoms with E-state index in [0.29, 0.717) is 0 Å². The Hall–Kier alpha value is 0.223. The van der Waals surface area contributed by atoms with Crippen molar-refractivity contribution >= 4 is 24.8 Å². The van der Waals surface area contributed by atoms with Gasteiger partial charge in [-0.2, -0.15) is 17.5 Å². The van der Waals surface area contributed by atoms with Gasteiger partial charge in [-0.15, -0.1) is 31.2 Å². The van der Waals surface area contributed by atoms with Gasteiger partial charge in [0.15, 0.2) is 0 Å². The first-order chi connectivity index (χ1) is 6.63. The predicted octanol–water partition coefficient (Wildman–Crippen LogP) is 6.28. The van der Waals surface area contributed by atoms with E-state index >= 15 is 0 Å². The summed E-state index contributed by atoms with van der Waals surface area (Å²) in [6, 6.07) is 0. The molecule has 0 aliphatic heterocycles. The molecule has 0 saturated carbocycles. The largest absolute Gasteiger partial charge is 0.665 e. The molecule has 1 nitrogen and oxygen atoms in total. The Morgan fingerprint density at radius 2 is 1.18 bits per heavy atom. The van der Waals surface area contributed by atoms with Crippen LogP contribution in [0.3, 0.4) is 0 Å². The summed E-state index contributed by atoms with van der Waals surface area (Å²) in [6.45, 7) is 8.33. The van der Waals surface area contributed by atoms with Crippen LogP contribution in [0.25, 0.3) is 0 Å². The van der Waals surface area contributed by atoms with Gasteiger partial charge in [-0.25, -0.2) is 12.2 Å². The van der Waals surface area contributed by atoms with Gasteiger partial charge in [0.05, 0.1) is 0 Å². The Morgan fingerprint density at radius 1 is 0.818 bits per heavy atom. The van der Waals surface area contributed by atoms with E-state index in [1.165, 1.54) is 22.5 Å². The van der Waals surface area contributed by atoms with Crippen LogP contribution in [-0.4, -0.2) is 0 Å². The van der Waals surface area contributed by atoms with E-state index in [1.54, 1.807) is 0 Å². The summed E-state index contributed by atoms with van der Waals surface area (Å²) in [4.78, 5) is 4.31. The number of aromatic nitrogens is 1. The Balaban J connectivity index is -0.0000000230. The van der Waals surface area contributed by atoms with E-state index in [-0.39, 0.29) is 88.2 Å².